The number of carbonyl (C=O) groups is 1. The van der Waals surface area contributed by atoms with Crippen molar-refractivity contribution in [1.82, 2.24) is 14.7 Å². The predicted molar refractivity (Wildman–Crippen MR) is 104 cm³/mol. The van der Waals surface area contributed by atoms with Crippen LogP contribution in [-0.4, -0.2) is 19.6 Å². The molecule has 0 atom stereocenters. The van der Waals surface area contributed by atoms with Gasteiger partial charge in [-0.15, -0.1) is 0 Å². The Morgan fingerprint density at radius 3 is 2.92 bits per heavy atom. The van der Waals surface area contributed by atoms with E-state index in [0.717, 1.165) is 11.8 Å². The lowest BCUT2D eigenvalue weighted by atomic mass is 10.2. The van der Waals surface area contributed by atoms with Gasteiger partial charge in [0.05, 0.1) is 23.3 Å². The number of thiocarbonyl (C=S) groups is 1. The second-order valence-electron chi connectivity index (χ2n) is 5.39. The number of thioether (sulfide) groups is 1. The van der Waals surface area contributed by atoms with Crippen molar-refractivity contribution >= 4 is 51.7 Å². The van der Waals surface area contributed by atoms with Crippen LogP contribution >= 0.6 is 24.0 Å². The minimum absolute atomic E-state index is 0.280. The lowest BCUT2D eigenvalue weighted by molar-refractivity contribution is -0.115. The number of aromatic nitrogens is 2. The molecule has 0 aromatic carbocycles. The maximum Gasteiger partial charge on any atom is 0.267 e. The van der Waals surface area contributed by atoms with Gasteiger partial charge in [-0.2, -0.15) is 0 Å². The summed E-state index contributed by atoms with van der Waals surface area (Å²) in [7, 11) is 0. The SMILES string of the molecule is O=C1NC(=S)S/C1=C/c1c(NCc2ccco2)nc2ccccn2c1=O. The molecule has 0 saturated carbocycles. The third kappa shape index (κ3) is 3.14. The van der Waals surface area contributed by atoms with E-state index in [-0.39, 0.29) is 17.0 Å². The molecule has 0 bridgehead atoms. The van der Waals surface area contributed by atoms with E-state index < -0.39 is 0 Å². The highest BCUT2D eigenvalue weighted by Gasteiger charge is 2.23. The number of furan rings is 1. The van der Waals surface area contributed by atoms with Crippen molar-refractivity contribution < 1.29 is 9.21 Å². The van der Waals surface area contributed by atoms with Gasteiger partial charge in [-0.1, -0.05) is 30.0 Å². The molecule has 4 rings (SSSR count). The summed E-state index contributed by atoms with van der Waals surface area (Å²) in [6.07, 6.45) is 4.72. The molecular formula is C17H12N4O3S2. The van der Waals surface area contributed by atoms with Gasteiger partial charge in [-0.05, 0) is 30.3 Å². The van der Waals surface area contributed by atoms with Crippen molar-refractivity contribution in [3.05, 3.63) is 69.4 Å². The van der Waals surface area contributed by atoms with Gasteiger partial charge in [0.15, 0.2) is 0 Å². The molecule has 9 heteroatoms. The maximum absolute atomic E-state index is 12.9. The summed E-state index contributed by atoms with van der Waals surface area (Å²) in [5.41, 5.74) is 0.500. The fraction of sp³-hybridized carbons (Fsp3) is 0.0588. The predicted octanol–water partition coefficient (Wildman–Crippen LogP) is 2.39. The first-order valence-electron chi connectivity index (χ1n) is 7.64. The van der Waals surface area contributed by atoms with Gasteiger partial charge in [0.1, 0.15) is 21.5 Å². The van der Waals surface area contributed by atoms with Crippen molar-refractivity contribution in [2.24, 2.45) is 0 Å². The molecule has 0 spiro atoms. The second kappa shape index (κ2) is 6.77. The van der Waals surface area contributed by atoms with Gasteiger partial charge in [0.2, 0.25) is 0 Å². The fourth-order valence-electron chi connectivity index (χ4n) is 2.50. The normalized spacial score (nSPS) is 15.6. The molecule has 130 valence electrons. The molecule has 26 heavy (non-hydrogen) atoms. The van der Waals surface area contributed by atoms with Crippen LogP contribution in [0.15, 0.2) is 56.9 Å². The van der Waals surface area contributed by atoms with Crippen LogP contribution in [0.2, 0.25) is 0 Å². The number of nitrogens with zero attached hydrogens (tertiary/aromatic N) is 2. The van der Waals surface area contributed by atoms with Crippen molar-refractivity contribution in [2.75, 3.05) is 5.32 Å². The first-order chi connectivity index (χ1) is 12.6. The number of nitrogens with one attached hydrogen (secondary N) is 2. The maximum atomic E-state index is 12.9. The fourth-order valence-corrected chi connectivity index (χ4v) is 3.53. The molecule has 3 aromatic heterocycles. The Bertz CT molecular complexity index is 1100. The Labute approximate surface area is 157 Å². The lowest BCUT2D eigenvalue weighted by Crippen LogP contribution is -2.21. The third-order valence-corrected chi connectivity index (χ3v) is 4.86. The van der Waals surface area contributed by atoms with Crippen LogP contribution in [0.4, 0.5) is 5.82 Å². The smallest absolute Gasteiger partial charge is 0.267 e. The average molecular weight is 384 g/mol. The molecule has 1 aliphatic rings. The minimum atomic E-state index is -0.324. The van der Waals surface area contributed by atoms with E-state index in [1.807, 2.05) is 6.07 Å². The zero-order valence-electron chi connectivity index (χ0n) is 13.3. The molecule has 7 nitrogen and oxygen atoms in total. The summed E-state index contributed by atoms with van der Waals surface area (Å²) in [6, 6.07) is 8.88. The van der Waals surface area contributed by atoms with E-state index >= 15 is 0 Å². The summed E-state index contributed by atoms with van der Waals surface area (Å²) >= 11 is 6.12. The van der Waals surface area contributed by atoms with E-state index in [1.54, 1.807) is 36.7 Å². The first-order valence-corrected chi connectivity index (χ1v) is 8.87. The standard InChI is InChI=1S/C17H12N4O3S2/c22-15-12(26-17(25)20-15)8-11-14(18-9-10-4-3-7-24-10)19-13-5-1-2-6-21(13)16(11)23/h1-8,18H,9H2,(H,20,22,25)/b12-8+. The van der Waals surface area contributed by atoms with Crippen molar-refractivity contribution in [2.45, 2.75) is 6.54 Å². The Hall–Kier alpha value is -2.91. The molecule has 0 radical (unpaired) electrons. The summed E-state index contributed by atoms with van der Waals surface area (Å²) in [5.74, 6) is 0.749. The molecule has 0 unspecified atom stereocenters. The zero-order valence-corrected chi connectivity index (χ0v) is 14.9. The number of pyridine rings is 1. The number of rotatable bonds is 4. The molecule has 1 amide bonds. The Morgan fingerprint density at radius 2 is 2.19 bits per heavy atom. The van der Waals surface area contributed by atoms with Gasteiger partial charge < -0.3 is 15.1 Å². The van der Waals surface area contributed by atoms with Crippen LogP contribution in [0.5, 0.6) is 0 Å². The quantitative estimate of drug-likeness (QED) is 0.527. The topological polar surface area (TPSA) is 88.6 Å². The number of anilines is 1. The summed E-state index contributed by atoms with van der Waals surface area (Å²) < 4.78 is 7.10. The van der Waals surface area contributed by atoms with Gasteiger partial charge >= 0.3 is 0 Å². The number of hydrogen-bond donors (Lipinski definition) is 2. The molecule has 3 aromatic rings. The summed E-state index contributed by atoms with van der Waals surface area (Å²) in [5, 5.41) is 5.65. The number of carbonyl (C=O) groups excluding carboxylic acids is 1. The second-order valence-corrected chi connectivity index (χ2v) is 7.11. The molecule has 0 aliphatic carbocycles. The van der Waals surface area contributed by atoms with Gasteiger partial charge in [0, 0.05) is 6.20 Å². The average Bonchev–Trinajstić information content (AvgIpc) is 3.25. The van der Waals surface area contributed by atoms with Gasteiger partial charge in [-0.3, -0.25) is 14.0 Å². The van der Waals surface area contributed by atoms with Crippen LogP contribution in [0.25, 0.3) is 11.7 Å². The zero-order chi connectivity index (χ0) is 18.1. The Balaban J connectivity index is 1.82. The number of hydrogen-bond acceptors (Lipinski definition) is 7. The summed E-state index contributed by atoms with van der Waals surface area (Å²) in [6.45, 7) is 0.358. The minimum Gasteiger partial charge on any atom is -0.467 e. The lowest BCUT2D eigenvalue weighted by Gasteiger charge is -2.10. The molecule has 1 aliphatic heterocycles. The Kier molecular flexibility index (Phi) is 4.31. The van der Waals surface area contributed by atoms with E-state index in [9.17, 15) is 9.59 Å². The van der Waals surface area contributed by atoms with Crippen LogP contribution in [0.1, 0.15) is 11.3 Å². The van der Waals surface area contributed by atoms with E-state index in [2.05, 4.69) is 15.6 Å². The van der Waals surface area contributed by atoms with Crippen molar-refractivity contribution in [3.63, 3.8) is 0 Å². The van der Waals surface area contributed by atoms with Crippen LogP contribution in [0.3, 0.4) is 0 Å². The third-order valence-electron chi connectivity index (χ3n) is 3.70. The highest BCUT2D eigenvalue weighted by Crippen LogP contribution is 2.27. The van der Waals surface area contributed by atoms with Crippen LogP contribution in [-0.2, 0) is 11.3 Å². The van der Waals surface area contributed by atoms with Crippen molar-refractivity contribution in [1.29, 1.82) is 0 Å². The first kappa shape index (κ1) is 16.6. The molecule has 1 saturated heterocycles. The van der Waals surface area contributed by atoms with Gasteiger partial charge in [0.25, 0.3) is 11.5 Å². The Morgan fingerprint density at radius 1 is 1.31 bits per heavy atom. The van der Waals surface area contributed by atoms with Gasteiger partial charge in [-0.25, -0.2) is 4.98 Å². The molecule has 1 fully saturated rings. The number of fused-ring (bicyclic) bond motifs is 1. The molecule has 4 heterocycles. The van der Waals surface area contributed by atoms with E-state index in [4.69, 9.17) is 16.6 Å². The monoisotopic (exact) mass is 384 g/mol. The molecule has 2 N–H and O–H groups in total. The van der Waals surface area contributed by atoms with Crippen LogP contribution < -0.4 is 16.2 Å². The highest BCUT2D eigenvalue weighted by molar-refractivity contribution is 8.26. The highest BCUT2D eigenvalue weighted by atomic mass is 32.2. The molecular weight excluding hydrogens is 372 g/mol. The van der Waals surface area contributed by atoms with E-state index in [0.29, 0.717) is 33.0 Å². The number of amides is 1. The van der Waals surface area contributed by atoms with Crippen molar-refractivity contribution in [3.8, 4) is 0 Å². The largest absolute Gasteiger partial charge is 0.467 e. The van der Waals surface area contributed by atoms with E-state index in [1.165, 1.54) is 10.5 Å². The van der Waals surface area contributed by atoms with Crippen LogP contribution in [0, 0.1) is 0 Å². The summed E-state index contributed by atoms with van der Waals surface area (Å²) in [4.78, 5) is 29.8.